The number of rotatable bonds is 3. The fourth-order valence-electron chi connectivity index (χ4n) is 0.276. The number of nitrogens with two attached hydrogens (primary N) is 1. The summed E-state index contributed by atoms with van der Waals surface area (Å²) < 4.78 is 0. The molecule has 0 bridgehead atoms. The molecule has 0 saturated heterocycles. The van der Waals surface area contributed by atoms with E-state index < -0.39 is 24.1 Å². The monoisotopic (exact) mass is 193 g/mol. The third kappa shape index (κ3) is 6.38. The summed E-state index contributed by atoms with van der Waals surface area (Å²) in [6.07, 6.45) is -2.22. The van der Waals surface area contributed by atoms with Gasteiger partial charge >= 0.3 is 59.1 Å². The Hall–Kier alpha value is 0.860. The van der Waals surface area contributed by atoms with Crippen LogP contribution in [-0.4, -0.2) is 29.2 Å². The summed E-state index contributed by atoms with van der Waals surface area (Å²) in [4.78, 5) is 19.5. The molecule has 0 fully saturated rings. The van der Waals surface area contributed by atoms with E-state index in [0.29, 0.717) is 0 Å². The standard InChI is InChI=1S/C4H7NO5.2Na/c5-1(3(7)8)2(6)4(9)10;;/h1-2,6H,5H2,(H,7,8)(H,9,10);;/q;2*+1/p-2/t1-,2?;;/m0../s1. The topological polar surface area (TPSA) is 127 Å². The number of aliphatic hydroxyl groups is 1. The van der Waals surface area contributed by atoms with Crippen LogP contribution in [0.4, 0.5) is 0 Å². The third-order valence-corrected chi connectivity index (χ3v) is 0.854. The SMILES string of the molecule is N[C@H](C(=O)[O-])C(O)C(=O)[O-].[Na+].[Na+]. The van der Waals surface area contributed by atoms with E-state index >= 15 is 0 Å². The van der Waals surface area contributed by atoms with Gasteiger partial charge in [0, 0.05) is 0 Å². The number of hydrogen-bond acceptors (Lipinski definition) is 6. The molecule has 8 heteroatoms. The first-order valence-corrected chi connectivity index (χ1v) is 2.32. The summed E-state index contributed by atoms with van der Waals surface area (Å²) in [6, 6.07) is -1.94. The van der Waals surface area contributed by atoms with Crippen LogP contribution < -0.4 is 75.1 Å². The van der Waals surface area contributed by atoms with Gasteiger partial charge in [0.25, 0.3) is 0 Å². The molecular formula is C4H5NNa2O5. The molecule has 0 heterocycles. The smallest absolute Gasteiger partial charge is 0.548 e. The number of aliphatic hydroxyl groups excluding tert-OH is 1. The van der Waals surface area contributed by atoms with Crippen LogP contribution in [0.2, 0.25) is 0 Å². The first-order chi connectivity index (χ1) is 4.46. The van der Waals surface area contributed by atoms with E-state index in [4.69, 9.17) is 5.11 Å². The van der Waals surface area contributed by atoms with E-state index in [-0.39, 0.29) is 59.1 Å². The molecule has 0 saturated carbocycles. The molecule has 0 radical (unpaired) electrons. The van der Waals surface area contributed by atoms with Crippen LogP contribution in [-0.2, 0) is 9.59 Å². The van der Waals surface area contributed by atoms with Gasteiger partial charge in [0.15, 0.2) is 0 Å². The Bertz CT molecular complexity index is 146. The van der Waals surface area contributed by atoms with Crippen LogP contribution in [0.15, 0.2) is 0 Å². The molecule has 0 aliphatic rings. The second-order valence-electron chi connectivity index (χ2n) is 1.61. The third-order valence-electron chi connectivity index (χ3n) is 0.854. The molecule has 0 aliphatic heterocycles. The molecule has 6 nitrogen and oxygen atoms in total. The number of carboxylic acids is 2. The van der Waals surface area contributed by atoms with E-state index in [2.05, 4.69) is 5.73 Å². The van der Waals surface area contributed by atoms with Gasteiger partial charge in [-0.05, 0) is 0 Å². The number of aliphatic carboxylic acids is 2. The summed E-state index contributed by atoms with van der Waals surface area (Å²) in [7, 11) is 0. The van der Waals surface area contributed by atoms with Gasteiger partial charge in [-0.25, -0.2) is 0 Å². The van der Waals surface area contributed by atoms with Gasteiger partial charge in [-0.2, -0.15) is 0 Å². The van der Waals surface area contributed by atoms with Crippen LogP contribution in [0.1, 0.15) is 0 Å². The zero-order valence-electron chi connectivity index (χ0n) is 6.81. The number of carboxylic acid groups (broad SMARTS) is 2. The van der Waals surface area contributed by atoms with Crippen molar-refractivity contribution in [2.45, 2.75) is 12.1 Å². The minimum Gasteiger partial charge on any atom is -0.548 e. The van der Waals surface area contributed by atoms with Crippen LogP contribution in [0.3, 0.4) is 0 Å². The van der Waals surface area contributed by atoms with Gasteiger partial charge in [-0.3, -0.25) is 0 Å². The van der Waals surface area contributed by atoms with Crippen LogP contribution >= 0.6 is 0 Å². The molecule has 0 aromatic heterocycles. The quantitative estimate of drug-likeness (QED) is 0.428. The predicted molar refractivity (Wildman–Crippen MR) is 24.0 cm³/mol. The summed E-state index contributed by atoms with van der Waals surface area (Å²) in [6.45, 7) is 0. The Morgan fingerprint density at radius 3 is 1.58 bits per heavy atom. The molecule has 3 N–H and O–H groups in total. The Morgan fingerprint density at radius 1 is 1.17 bits per heavy atom. The van der Waals surface area contributed by atoms with Gasteiger partial charge < -0.3 is 30.6 Å². The number of carbonyl (C=O) groups is 2. The molecule has 2 atom stereocenters. The Balaban J connectivity index is -0.000000405. The van der Waals surface area contributed by atoms with Gasteiger partial charge in [-0.1, -0.05) is 0 Å². The Kier molecular flexibility index (Phi) is 13.1. The number of carbonyl (C=O) groups excluding carboxylic acids is 2. The summed E-state index contributed by atoms with van der Waals surface area (Å²) in [5.41, 5.74) is 4.63. The van der Waals surface area contributed by atoms with E-state index in [1.165, 1.54) is 0 Å². The molecule has 0 aromatic carbocycles. The molecule has 0 aliphatic carbocycles. The van der Waals surface area contributed by atoms with Crippen molar-refractivity contribution in [1.82, 2.24) is 0 Å². The first kappa shape index (κ1) is 18.6. The molecule has 0 rings (SSSR count). The van der Waals surface area contributed by atoms with Gasteiger partial charge in [-0.15, -0.1) is 0 Å². The summed E-state index contributed by atoms with van der Waals surface area (Å²) in [5, 5.41) is 27.8. The second kappa shape index (κ2) is 8.46. The van der Waals surface area contributed by atoms with Crippen LogP contribution in [0.5, 0.6) is 0 Å². The maximum Gasteiger partial charge on any atom is 1.00 e. The van der Waals surface area contributed by atoms with Crippen molar-refractivity contribution in [3.63, 3.8) is 0 Å². The second-order valence-corrected chi connectivity index (χ2v) is 1.61. The molecule has 0 aromatic rings. The average molecular weight is 193 g/mol. The van der Waals surface area contributed by atoms with Crippen molar-refractivity contribution in [3.8, 4) is 0 Å². The maximum atomic E-state index is 9.76. The molecule has 0 amide bonds. The van der Waals surface area contributed by atoms with Crippen molar-refractivity contribution in [2.75, 3.05) is 0 Å². The van der Waals surface area contributed by atoms with E-state index in [1.54, 1.807) is 0 Å². The Labute approximate surface area is 113 Å². The maximum absolute atomic E-state index is 9.76. The van der Waals surface area contributed by atoms with E-state index in [1.807, 2.05) is 0 Å². The van der Waals surface area contributed by atoms with E-state index in [0.717, 1.165) is 0 Å². The largest absolute Gasteiger partial charge is 1.00 e. The predicted octanol–water partition coefficient (Wildman–Crippen LogP) is -10.8. The van der Waals surface area contributed by atoms with Gasteiger partial charge in [0.2, 0.25) is 0 Å². The molecule has 58 valence electrons. The molecule has 0 spiro atoms. The fourth-order valence-corrected chi connectivity index (χ4v) is 0.276. The zero-order chi connectivity index (χ0) is 8.31. The average Bonchev–Trinajstić information content (AvgIpc) is 1.84. The van der Waals surface area contributed by atoms with Crippen molar-refractivity contribution in [1.29, 1.82) is 0 Å². The van der Waals surface area contributed by atoms with Gasteiger partial charge in [0.05, 0.1) is 18.0 Å². The minimum atomic E-state index is -2.22. The van der Waals surface area contributed by atoms with Crippen molar-refractivity contribution in [3.05, 3.63) is 0 Å². The van der Waals surface area contributed by atoms with Crippen LogP contribution in [0, 0.1) is 0 Å². The van der Waals surface area contributed by atoms with Crippen molar-refractivity contribution < 1.29 is 84.0 Å². The molecule has 1 unspecified atom stereocenters. The van der Waals surface area contributed by atoms with Crippen LogP contribution in [0.25, 0.3) is 0 Å². The minimum absolute atomic E-state index is 0. The Morgan fingerprint density at radius 2 is 1.50 bits per heavy atom. The van der Waals surface area contributed by atoms with Crippen molar-refractivity contribution >= 4 is 11.9 Å². The van der Waals surface area contributed by atoms with Gasteiger partial charge in [0.1, 0.15) is 6.10 Å². The molecular weight excluding hydrogens is 188 g/mol. The zero-order valence-corrected chi connectivity index (χ0v) is 10.8. The number of hydrogen-bond donors (Lipinski definition) is 2. The normalized spacial score (nSPS) is 13.2. The van der Waals surface area contributed by atoms with Crippen molar-refractivity contribution in [2.24, 2.45) is 5.73 Å². The van der Waals surface area contributed by atoms with E-state index in [9.17, 15) is 19.8 Å². The summed E-state index contributed by atoms with van der Waals surface area (Å²) >= 11 is 0. The molecule has 12 heavy (non-hydrogen) atoms. The summed E-state index contributed by atoms with van der Waals surface area (Å²) in [5.74, 6) is -3.77. The first-order valence-electron chi connectivity index (χ1n) is 2.32. The fraction of sp³-hybridized carbons (Fsp3) is 0.500.